The number of piperazine rings is 1. The van der Waals surface area contributed by atoms with Gasteiger partial charge < -0.3 is 14.5 Å². The summed E-state index contributed by atoms with van der Waals surface area (Å²) in [6, 6.07) is 5.64. The number of amides is 1. The second-order valence-corrected chi connectivity index (χ2v) is 7.89. The number of halogens is 1. The molecule has 0 unspecified atom stereocenters. The fourth-order valence-corrected chi connectivity index (χ4v) is 4.10. The third-order valence-electron chi connectivity index (χ3n) is 5.57. The Hall–Kier alpha value is -3.72. The van der Waals surface area contributed by atoms with Gasteiger partial charge in [0.25, 0.3) is 0 Å². The number of hydrogen-bond acceptors (Lipinski definition) is 7. The second kappa shape index (κ2) is 8.08. The minimum atomic E-state index is -0.0658. The molecular weight excluding hydrogens is 430 g/mol. The molecule has 4 aromatic rings. The molecule has 0 aliphatic carbocycles. The Morgan fingerprint density at radius 2 is 2.03 bits per heavy atom. The van der Waals surface area contributed by atoms with Crippen LogP contribution in [0.1, 0.15) is 5.56 Å². The Balaban J connectivity index is 1.54. The van der Waals surface area contributed by atoms with Gasteiger partial charge in [0.05, 0.1) is 22.5 Å². The Kier molecular flexibility index (Phi) is 5.10. The molecule has 1 aliphatic heterocycles. The minimum absolute atomic E-state index is 0.0658. The first-order valence-corrected chi connectivity index (χ1v) is 10.5. The topological polar surface area (TPSA) is 100 Å². The smallest absolute Gasteiger partial charge is 0.247 e. The van der Waals surface area contributed by atoms with Crippen LogP contribution in [0.4, 0.5) is 5.82 Å². The summed E-state index contributed by atoms with van der Waals surface area (Å²) in [6.45, 7) is 7.96. The number of aromatic nitrogens is 5. The molecule has 1 amide bonds. The molecule has 3 aromatic heterocycles. The summed E-state index contributed by atoms with van der Waals surface area (Å²) in [6.07, 6.45) is 4.55. The number of nitrogens with one attached hydrogen (secondary N) is 1. The maximum absolute atomic E-state index is 11.9. The second-order valence-electron chi connectivity index (χ2n) is 7.50. The molecular formula is C22H20ClN7O2. The van der Waals surface area contributed by atoms with Crippen LogP contribution in [0.15, 0.2) is 43.4 Å². The molecule has 1 fully saturated rings. The molecule has 162 valence electrons. The van der Waals surface area contributed by atoms with E-state index in [4.69, 9.17) is 16.3 Å². The third-order valence-corrected chi connectivity index (χ3v) is 5.77. The van der Waals surface area contributed by atoms with Gasteiger partial charge in [-0.2, -0.15) is 10.1 Å². The van der Waals surface area contributed by atoms with E-state index in [2.05, 4.69) is 36.6 Å². The van der Waals surface area contributed by atoms with Crippen LogP contribution >= 0.6 is 11.6 Å². The van der Waals surface area contributed by atoms with Crippen LogP contribution in [0.5, 0.6) is 11.6 Å². The van der Waals surface area contributed by atoms with Crippen molar-refractivity contribution in [2.45, 2.75) is 6.92 Å². The first-order valence-electron chi connectivity index (χ1n) is 10.1. The van der Waals surface area contributed by atoms with Crippen LogP contribution in [-0.2, 0) is 4.79 Å². The van der Waals surface area contributed by atoms with Crippen LogP contribution in [0.2, 0.25) is 5.15 Å². The predicted molar refractivity (Wildman–Crippen MR) is 122 cm³/mol. The number of aryl methyl sites for hydroxylation is 1. The standard InChI is InChI=1S/C22H20ClN7O2/c1-3-18(31)29-6-8-30(9-7-29)21-14-10-17(23)27-22(19(14)24-12-25-21)32-20-13(2)4-5-16-15(20)11-26-28-16/h3-5,10-12H,1,6-9H2,2H3,(H,26,28). The van der Waals surface area contributed by atoms with Crippen LogP contribution in [0.25, 0.3) is 21.8 Å². The highest BCUT2D eigenvalue weighted by molar-refractivity contribution is 6.30. The number of nitrogens with zero attached hydrogens (tertiary/aromatic N) is 6. The van der Waals surface area contributed by atoms with Gasteiger partial charge in [0.2, 0.25) is 11.8 Å². The molecule has 0 radical (unpaired) electrons. The third kappa shape index (κ3) is 3.50. The highest BCUT2D eigenvalue weighted by atomic mass is 35.5. The number of pyridine rings is 1. The van der Waals surface area contributed by atoms with Gasteiger partial charge in [0.15, 0.2) is 0 Å². The Bertz CT molecular complexity index is 1350. The Labute approximate surface area is 188 Å². The van der Waals surface area contributed by atoms with Gasteiger partial charge in [-0.3, -0.25) is 9.89 Å². The zero-order valence-corrected chi connectivity index (χ0v) is 18.1. The van der Waals surface area contributed by atoms with Gasteiger partial charge in [-0.15, -0.1) is 0 Å². The summed E-state index contributed by atoms with van der Waals surface area (Å²) in [5.41, 5.74) is 2.36. The Morgan fingerprint density at radius 3 is 2.81 bits per heavy atom. The molecule has 0 bridgehead atoms. The summed E-state index contributed by atoms with van der Waals surface area (Å²) in [5.74, 6) is 1.61. The fourth-order valence-electron chi connectivity index (χ4n) is 3.91. The molecule has 1 aromatic carbocycles. The molecule has 32 heavy (non-hydrogen) atoms. The van der Waals surface area contributed by atoms with E-state index in [-0.39, 0.29) is 11.1 Å². The lowest BCUT2D eigenvalue weighted by molar-refractivity contribution is -0.126. The first kappa shape index (κ1) is 20.2. The predicted octanol–water partition coefficient (Wildman–Crippen LogP) is 3.49. The largest absolute Gasteiger partial charge is 0.436 e. The normalized spacial score (nSPS) is 14.2. The maximum Gasteiger partial charge on any atom is 0.247 e. The molecule has 4 heterocycles. The van der Waals surface area contributed by atoms with Gasteiger partial charge in [0, 0.05) is 26.2 Å². The van der Waals surface area contributed by atoms with Crippen molar-refractivity contribution in [3.05, 3.63) is 54.1 Å². The molecule has 0 atom stereocenters. The van der Waals surface area contributed by atoms with Crippen molar-refractivity contribution in [1.82, 2.24) is 30.0 Å². The zero-order chi connectivity index (χ0) is 22.2. The number of benzene rings is 1. The van der Waals surface area contributed by atoms with E-state index in [1.54, 1.807) is 17.2 Å². The number of aromatic amines is 1. The number of anilines is 1. The van der Waals surface area contributed by atoms with E-state index < -0.39 is 0 Å². The molecule has 0 spiro atoms. The average Bonchev–Trinajstić information content (AvgIpc) is 3.29. The van der Waals surface area contributed by atoms with Crippen molar-refractivity contribution >= 4 is 45.1 Å². The molecule has 1 N–H and O–H groups in total. The van der Waals surface area contributed by atoms with Gasteiger partial charge in [-0.05, 0) is 30.7 Å². The van der Waals surface area contributed by atoms with E-state index in [0.29, 0.717) is 43.3 Å². The van der Waals surface area contributed by atoms with Crippen molar-refractivity contribution in [3.8, 4) is 11.6 Å². The van der Waals surface area contributed by atoms with Crippen molar-refractivity contribution in [2.24, 2.45) is 0 Å². The van der Waals surface area contributed by atoms with Crippen molar-refractivity contribution in [3.63, 3.8) is 0 Å². The highest BCUT2D eigenvalue weighted by Crippen LogP contribution is 2.37. The summed E-state index contributed by atoms with van der Waals surface area (Å²) in [5, 5.41) is 8.92. The van der Waals surface area contributed by atoms with E-state index in [1.165, 1.54) is 12.4 Å². The number of hydrogen-bond donors (Lipinski definition) is 1. The number of ether oxygens (including phenoxy) is 1. The van der Waals surface area contributed by atoms with Gasteiger partial charge in [0.1, 0.15) is 28.6 Å². The SMILES string of the molecule is C=CC(=O)N1CCN(c2ncnc3c(Oc4c(C)ccc5[nH]ncc45)nc(Cl)cc23)CC1. The highest BCUT2D eigenvalue weighted by Gasteiger charge is 2.23. The average molecular weight is 450 g/mol. The summed E-state index contributed by atoms with van der Waals surface area (Å²) in [4.78, 5) is 29.1. The van der Waals surface area contributed by atoms with Crippen LogP contribution in [0, 0.1) is 6.92 Å². The number of carbonyl (C=O) groups excluding carboxylic acids is 1. The fraction of sp³-hybridized carbons (Fsp3) is 0.227. The van der Waals surface area contributed by atoms with Crippen molar-refractivity contribution < 1.29 is 9.53 Å². The van der Waals surface area contributed by atoms with Gasteiger partial charge in [-0.25, -0.2) is 9.97 Å². The summed E-state index contributed by atoms with van der Waals surface area (Å²) in [7, 11) is 0. The Morgan fingerprint density at radius 1 is 1.22 bits per heavy atom. The lowest BCUT2D eigenvalue weighted by atomic mass is 10.1. The van der Waals surface area contributed by atoms with E-state index >= 15 is 0 Å². The van der Waals surface area contributed by atoms with Crippen molar-refractivity contribution in [1.29, 1.82) is 0 Å². The lowest BCUT2D eigenvalue weighted by Crippen LogP contribution is -2.48. The van der Waals surface area contributed by atoms with E-state index in [9.17, 15) is 4.79 Å². The van der Waals surface area contributed by atoms with Gasteiger partial charge in [-0.1, -0.05) is 24.2 Å². The van der Waals surface area contributed by atoms with E-state index in [0.717, 1.165) is 27.7 Å². The lowest BCUT2D eigenvalue weighted by Gasteiger charge is -2.35. The first-order chi connectivity index (χ1) is 15.5. The van der Waals surface area contributed by atoms with E-state index in [1.807, 2.05) is 19.1 Å². The van der Waals surface area contributed by atoms with Crippen LogP contribution in [-0.4, -0.2) is 62.1 Å². The van der Waals surface area contributed by atoms with Gasteiger partial charge >= 0.3 is 0 Å². The van der Waals surface area contributed by atoms with Crippen LogP contribution in [0.3, 0.4) is 0 Å². The zero-order valence-electron chi connectivity index (χ0n) is 17.4. The number of carbonyl (C=O) groups is 1. The summed E-state index contributed by atoms with van der Waals surface area (Å²) >= 11 is 6.37. The molecule has 1 aliphatic rings. The molecule has 1 saturated heterocycles. The summed E-state index contributed by atoms with van der Waals surface area (Å²) < 4.78 is 6.25. The molecule has 9 nitrogen and oxygen atoms in total. The monoisotopic (exact) mass is 449 g/mol. The molecule has 5 rings (SSSR count). The van der Waals surface area contributed by atoms with Crippen molar-refractivity contribution in [2.75, 3.05) is 31.1 Å². The molecule has 10 heteroatoms. The number of fused-ring (bicyclic) bond motifs is 2. The minimum Gasteiger partial charge on any atom is -0.436 e. The maximum atomic E-state index is 11.9. The number of H-pyrrole nitrogens is 1. The molecule has 0 saturated carbocycles. The quantitative estimate of drug-likeness (QED) is 0.376. The van der Waals surface area contributed by atoms with Crippen LogP contribution < -0.4 is 9.64 Å². The number of rotatable bonds is 4.